The van der Waals surface area contributed by atoms with Crippen LogP contribution in [0.5, 0.6) is 11.5 Å². The molecular formula is C24H22N2O5S. The summed E-state index contributed by atoms with van der Waals surface area (Å²) in [6.07, 6.45) is 1.48. The van der Waals surface area contributed by atoms with Crippen molar-refractivity contribution in [2.75, 3.05) is 0 Å². The van der Waals surface area contributed by atoms with Crippen molar-refractivity contribution in [2.24, 2.45) is 5.73 Å². The summed E-state index contributed by atoms with van der Waals surface area (Å²) in [6.45, 7) is 3.61. The van der Waals surface area contributed by atoms with Crippen molar-refractivity contribution < 1.29 is 23.1 Å². The van der Waals surface area contributed by atoms with E-state index >= 15 is 0 Å². The number of fused-ring (bicyclic) bond motifs is 1. The molecule has 1 atom stereocenters. The van der Waals surface area contributed by atoms with Gasteiger partial charge in [0.15, 0.2) is 0 Å². The zero-order chi connectivity index (χ0) is 23.0. The van der Waals surface area contributed by atoms with Crippen LogP contribution in [-0.4, -0.2) is 24.5 Å². The van der Waals surface area contributed by atoms with E-state index in [-0.39, 0.29) is 9.79 Å². The molecule has 0 spiro atoms. The molecule has 4 aromatic rings. The molecule has 4 rings (SSSR count). The predicted molar refractivity (Wildman–Crippen MR) is 121 cm³/mol. The average Bonchev–Trinajstić information content (AvgIpc) is 3.20. The fraction of sp³-hybridized carbons (Fsp3) is 0.125. The second-order valence-electron chi connectivity index (χ2n) is 7.58. The number of nitrogens with two attached hydrogens (primary N) is 1. The Balaban J connectivity index is 1.73. The normalized spacial score (nSPS) is 12.6. The number of aromatic nitrogens is 1. The molecule has 0 aliphatic rings. The fourth-order valence-electron chi connectivity index (χ4n) is 3.67. The molecule has 0 aliphatic carbocycles. The number of carbonyl (C=O) groups is 1. The molecule has 0 saturated carbocycles. The second-order valence-corrected chi connectivity index (χ2v) is 9.50. The highest BCUT2D eigenvalue weighted by Crippen LogP contribution is 2.35. The van der Waals surface area contributed by atoms with Crippen molar-refractivity contribution in [2.45, 2.75) is 29.7 Å². The molecule has 1 aromatic heterocycles. The predicted octanol–water partition coefficient (Wildman–Crippen LogP) is 4.49. The molecule has 1 heterocycles. The van der Waals surface area contributed by atoms with E-state index in [0.29, 0.717) is 28.0 Å². The molecule has 0 radical (unpaired) electrons. The van der Waals surface area contributed by atoms with Gasteiger partial charge in [0.1, 0.15) is 17.5 Å². The Kier molecular flexibility index (Phi) is 5.50. The lowest BCUT2D eigenvalue weighted by Crippen LogP contribution is -2.20. The molecular weight excluding hydrogens is 428 g/mol. The SMILES string of the molecule is Cc1cc(C(N)C(=O)O)cc(C)c1Oc1ccc2[nH]cc(S(=O)(=O)c3ccccc3)c2c1. The number of benzene rings is 3. The van der Waals surface area contributed by atoms with Crippen molar-refractivity contribution in [3.8, 4) is 11.5 Å². The number of nitrogens with one attached hydrogen (secondary N) is 1. The largest absolute Gasteiger partial charge is 0.480 e. The summed E-state index contributed by atoms with van der Waals surface area (Å²) in [5, 5.41) is 9.69. The Bertz CT molecular complexity index is 1400. The van der Waals surface area contributed by atoms with Gasteiger partial charge < -0.3 is 20.6 Å². The Hall–Kier alpha value is -3.62. The van der Waals surface area contributed by atoms with Crippen LogP contribution in [0.1, 0.15) is 22.7 Å². The second kappa shape index (κ2) is 8.14. The van der Waals surface area contributed by atoms with E-state index in [1.807, 2.05) is 0 Å². The maximum absolute atomic E-state index is 13.1. The molecule has 0 bridgehead atoms. The number of H-pyrrole nitrogens is 1. The van der Waals surface area contributed by atoms with Crippen LogP contribution in [-0.2, 0) is 14.6 Å². The Morgan fingerprint density at radius 3 is 2.31 bits per heavy atom. The van der Waals surface area contributed by atoms with E-state index in [0.717, 1.165) is 11.1 Å². The zero-order valence-electron chi connectivity index (χ0n) is 17.5. The Morgan fingerprint density at radius 1 is 1.03 bits per heavy atom. The number of sulfone groups is 1. The highest BCUT2D eigenvalue weighted by molar-refractivity contribution is 7.91. The van der Waals surface area contributed by atoms with Crippen molar-refractivity contribution in [1.29, 1.82) is 0 Å². The third-order valence-corrected chi connectivity index (χ3v) is 7.10. The van der Waals surface area contributed by atoms with Gasteiger partial charge >= 0.3 is 5.97 Å². The first kappa shape index (κ1) is 21.6. The van der Waals surface area contributed by atoms with E-state index in [4.69, 9.17) is 15.6 Å². The van der Waals surface area contributed by atoms with Crippen molar-refractivity contribution in [1.82, 2.24) is 4.98 Å². The lowest BCUT2D eigenvalue weighted by Gasteiger charge is -2.16. The number of carboxylic acid groups (broad SMARTS) is 1. The number of aliphatic carboxylic acids is 1. The van der Waals surface area contributed by atoms with Crippen LogP contribution in [0.25, 0.3) is 10.9 Å². The number of ether oxygens (including phenoxy) is 1. The monoisotopic (exact) mass is 450 g/mol. The van der Waals surface area contributed by atoms with Crippen molar-refractivity contribution >= 4 is 26.7 Å². The van der Waals surface area contributed by atoms with Crippen LogP contribution in [0.4, 0.5) is 0 Å². The lowest BCUT2D eigenvalue weighted by molar-refractivity contribution is -0.138. The van der Waals surface area contributed by atoms with Crippen LogP contribution in [0, 0.1) is 13.8 Å². The minimum Gasteiger partial charge on any atom is -0.480 e. The third kappa shape index (κ3) is 3.86. The molecule has 3 aromatic carbocycles. The molecule has 0 amide bonds. The van der Waals surface area contributed by atoms with E-state index < -0.39 is 21.8 Å². The first-order chi connectivity index (χ1) is 15.2. The molecule has 8 heteroatoms. The molecule has 0 saturated heterocycles. The number of aromatic amines is 1. The Labute approximate surface area is 185 Å². The molecule has 4 N–H and O–H groups in total. The number of carboxylic acids is 1. The van der Waals surface area contributed by atoms with E-state index in [2.05, 4.69) is 4.98 Å². The molecule has 0 aliphatic heterocycles. The third-order valence-electron chi connectivity index (χ3n) is 5.29. The highest BCUT2D eigenvalue weighted by Gasteiger charge is 2.22. The van der Waals surface area contributed by atoms with Gasteiger partial charge in [-0.25, -0.2) is 8.42 Å². The van der Waals surface area contributed by atoms with Gasteiger partial charge in [0.2, 0.25) is 9.84 Å². The topological polar surface area (TPSA) is 122 Å². The van der Waals surface area contributed by atoms with Gasteiger partial charge in [-0.1, -0.05) is 30.3 Å². The van der Waals surface area contributed by atoms with Gasteiger partial charge in [-0.15, -0.1) is 0 Å². The van der Waals surface area contributed by atoms with E-state index in [9.17, 15) is 13.2 Å². The minimum absolute atomic E-state index is 0.167. The van der Waals surface area contributed by atoms with Gasteiger partial charge in [-0.05, 0) is 60.9 Å². The summed E-state index contributed by atoms with van der Waals surface area (Å²) in [4.78, 5) is 14.6. The summed E-state index contributed by atoms with van der Waals surface area (Å²) in [7, 11) is -3.71. The maximum atomic E-state index is 13.1. The van der Waals surface area contributed by atoms with Crippen LogP contribution < -0.4 is 10.5 Å². The summed E-state index contributed by atoms with van der Waals surface area (Å²) in [5.41, 5.74) is 8.34. The van der Waals surface area contributed by atoms with Crippen LogP contribution in [0.15, 0.2) is 76.7 Å². The lowest BCUT2D eigenvalue weighted by atomic mass is 10.0. The van der Waals surface area contributed by atoms with Crippen molar-refractivity contribution in [3.05, 3.63) is 83.6 Å². The van der Waals surface area contributed by atoms with Crippen molar-refractivity contribution in [3.63, 3.8) is 0 Å². The first-order valence-corrected chi connectivity index (χ1v) is 11.4. The van der Waals surface area contributed by atoms with Gasteiger partial charge in [-0.2, -0.15) is 0 Å². The fourth-order valence-corrected chi connectivity index (χ4v) is 5.11. The number of hydrogen-bond donors (Lipinski definition) is 3. The maximum Gasteiger partial charge on any atom is 0.325 e. The molecule has 164 valence electrons. The quantitative estimate of drug-likeness (QED) is 0.398. The zero-order valence-corrected chi connectivity index (χ0v) is 18.3. The van der Waals surface area contributed by atoms with Crippen LogP contribution >= 0.6 is 0 Å². The smallest absolute Gasteiger partial charge is 0.325 e. The minimum atomic E-state index is -3.71. The Morgan fingerprint density at radius 2 is 1.69 bits per heavy atom. The molecule has 0 fully saturated rings. The summed E-state index contributed by atoms with van der Waals surface area (Å²) >= 11 is 0. The highest BCUT2D eigenvalue weighted by atomic mass is 32.2. The van der Waals surface area contributed by atoms with Gasteiger partial charge in [0.05, 0.1) is 9.79 Å². The van der Waals surface area contributed by atoms with Crippen LogP contribution in [0.2, 0.25) is 0 Å². The number of rotatable bonds is 6. The summed E-state index contributed by atoms with van der Waals surface area (Å²) in [5.74, 6) is -0.0840. The van der Waals surface area contributed by atoms with E-state index in [1.165, 1.54) is 6.20 Å². The number of aryl methyl sites for hydroxylation is 2. The van der Waals surface area contributed by atoms with E-state index in [1.54, 1.807) is 74.5 Å². The molecule has 32 heavy (non-hydrogen) atoms. The molecule has 7 nitrogen and oxygen atoms in total. The van der Waals surface area contributed by atoms with Gasteiger partial charge in [-0.3, -0.25) is 4.79 Å². The first-order valence-electron chi connectivity index (χ1n) is 9.87. The van der Waals surface area contributed by atoms with Gasteiger partial charge in [0, 0.05) is 17.1 Å². The van der Waals surface area contributed by atoms with Gasteiger partial charge in [0.25, 0.3) is 0 Å². The molecule has 1 unspecified atom stereocenters. The van der Waals surface area contributed by atoms with Crippen LogP contribution in [0.3, 0.4) is 0 Å². The standard InChI is InChI=1S/C24H22N2O5S/c1-14-10-16(22(25)24(27)28)11-15(2)23(14)31-17-8-9-20-19(12-17)21(13-26-20)32(29,30)18-6-4-3-5-7-18/h3-13,22,26H,25H2,1-2H3,(H,27,28). The summed E-state index contributed by atoms with van der Waals surface area (Å²) in [6, 6.07) is 15.7. The average molecular weight is 451 g/mol. The number of hydrogen-bond acceptors (Lipinski definition) is 5. The summed E-state index contributed by atoms with van der Waals surface area (Å²) < 4.78 is 32.3.